The fraction of sp³-hybridized carbons (Fsp3) is 0.583. The monoisotopic (exact) mass is 553 g/mol. The summed E-state index contributed by atoms with van der Waals surface area (Å²) >= 11 is 0. The summed E-state index contributed by atoms with van der Waals surface area (Å²) in [5.74, 6) is 0.219. The van der Waals surface area contributed by atoms with E-state index in [1.165, 1.54) is 17.2 Å². The molecule has 0 aliphatic carbocycles. The van der Waals surface area contributed by atoms with E-state index in [0.29, 0.717) is 17.6 Å². The van der Waals surface area contributed by atoms with E-state index in [2.05, 4.69) is 23.6 Å². The lowest BCUT2D eigenvalue weighted by atomic mass is 10.00. The number of aliphatic hydroxyl groups is 3. The smallest absolute Gasteiger partial charge is 0.394 e. The number of aliphatic hydroxyl groups excluding tert-OH is 3. The van der Waals surface area contributed by atoms with Crippen LogP contribution in [-0.4, -0.2) is 84.2 Å². The quantitative estimate of drug-likeness (QED) is 0.166. The number of aromatic nitrogens is 4. The number of phosphoric acid groups is 3. The molecule has 0 spiro atoms. The van der Waals surface area contributed by atoms with Crippen LogP contribution in [0.2, 0.25) is 0 Å². The molecule has 4 atom stereocenters. The zero-order valence-corrected chi connectivity index (χ0v) is 19.7. The third-order valence-electron chi connectivity index (χ3n) is 4.40. The van der Waals surface area contributed by atoms with Crippen molar-refractivity contribution in [2.45, 2.75) is 37.4 Å². The molecule has 19 nitrogen and oxygen atoms in total. The van der Waals surface area contributed by atoms with Gasteiger partial charge in [0.15, 0.2) is 17.2 Å². The first kappa shape index (κ1) is 28.8. The van der Waals surface area contributed by atoms with Gasteiger partial charge in [-0.1, -0.05) is 6.92 Å². The Morgan fingerprint density at radius 3 is 2.09 bits per heavy atom. The maximum absolute atomic E-state index is 10.4. The second-order valence-electron chi connectivity index (χ2n) is 6.63. The van der Waals surface area contributed by atoms with Gasteiger partial charge in [-0.05, 0) is 6.42 Å². The van der Waals surface area contributed by atoms with E-state index in [0.717, 1.165) is 0 Å². The number of anilines is 1. The molecule has 0 unspecified atom stereocenters. The fourth-order valence-electron chi connectivity index (χ4n) is 3.09. The lowest BCUT2D eigenvalue weighted by molar-refractivity contribution is -0.147. The van der Waals surface area contributed by atoms with Crippen molar-refractivity contribution < 1.29 is 66.8 Å². The third-order valence-corrected chi connectivity index (χ3v) is 7.75. The number of ether oxygens (including phenoxy) is 1. The van der Waals surface area contributed by atoms with Crippen molar-refractivity contribution in [1.82, 2.24) is 19.5 Å². The Hall–Kier alpha value is -1.40. The van der Waals surface area contributed by atoms with E-state index in [9.17, 15) is 29.0 Å². The van der Waals surface area contributed by atoms with Crippen molar-refractivity contribution in [2.24, 2.45) is 0 Å². The molecule has 34 heavy (non-hydrogen) atoms. The maximum atomic E-state index is 10.4. The van der Waals surface area contributed by atoms with Gasteiger partial charge >= 0.3 is 23.5 Å². The standard InChI is InChI=1S/C12H17N5O4.H5O10P3/c1-2-12(9(20)8(19)6(3-18)21-12)17-5-16-7-10(13)14-4-15-11(7)17;1-11(2,3)9-13(7,8)10-12(4,5)6/h4-6,8-9,18-20H,2-3H2,1H3,(H2,13,14,15);(H,7,8)(H2,1,2,3)(H2,4,5,6)/t6-,8-,9-,12-;/m1./s1. The first-order valence-electron chi connectivity index (χ1n) is 8.91. The zero-order chi connectivity index (χ0) is 26.1. The molecule has 3 rings (SSSR count). The van der Waals surface area contributed by atoms with Crippen molar-refractivity contribution in [1.29, 1.82) is 0 Å². The van der Waals surface area contributed by atoms with Crippen LogP contribution >= 0.6 is 23.5 Å². The molecule has 0 aromatic carbocycles. The van der Waals surface area contributed by atoms with Crippen molar-refractivity contribution in [3.63, 3.8) is 0 Å². The van der Waals surface area contributed by atoms with Crippen molar-refractivity contribution in [2.75, 3.05) is 12.3 Å². The number of imidazole rings is 1. The van der Waals surface area contributed by atoms with E-state index < -0.39 is 54.1 Å². The summed E-state index contributed by atoms with van der Waals surface area (Å²) in [6.45, 7) is 1.40. The van der Waals surface area contributed by atoms with Gasteiger partial charge < -0.3 is 50.3 Å². The number of nitrogen functional groups attached to an aromatic ring is 1. The molecule has 22 heteroatoms. The fourth-order valence-corrected chi connectivity index (χ4v) is 5.63. The van der Waals surface area contributed by atoms with Crippen LogP contribution in [0.4, 0.5) is 5.82 Å². The first-order chi connectivity index (χ1) is 15.5. The molecule has 1 fully saturated rings. The molecule has 1 aliphatic heterocycles. The number of fused-ring (bicyclic) bond motifs is 1. The molecular formula is C12H22N5O14P3. The van der Waals surface area contributed by atoms with Crippen LogP contribution in [-0.2, 0) is 32.8 Å². The molecule has 3 heterocycles. The summed E-state index contributed by atoms with van der Waals surface area (Å²) in [6.07, 6.45) is -0.233. The summed E-state index contributed by atoms with van der Waals surface area (Å²) in [6, 6.07) is 0. The molecule has 2 aromatic heterocycles. The predicted molar refractivity (Wildman–Crippen MR) is 108 cm³/mol. The minimum Gasteiger partial charge on any atom is -0.394 e. The Morgan fingerprint density at radius 2 is 1.65 bits per heavy atom. The Kier molecular flexibility index (Phi) is 8.73. The predicted octanol–water partition coefficient (Wildman–Crippen LogP) is -2.11. The largest absolute Gasteiger partial charge is 0.490 e. The topological polar surface area (TPSA) is 310 Å². The lowest BCUT2D eigenvalue weighted by Gasteiger charge is -2.32. The lowest BCUT2D eigenvalue weighted by Crippen LogP contribution is -2.45. The number of hydrogen-bond acceptors (Lipinski definition) is 13. The number of nitrogens with two attached hydrogens (primary N) is 1. The molecule has 1 aliphatic rings. The van der Waals surface area contributed by atoms with Crippen LogP contribution < -0.4 is 5.73 Å². The number of hydrogen-bond donors (Lipinski definition) is 9. The van der Waals surface area contributed by atoms with E-state index in [1.54, 1.807) is 6.92 Å². The highest BCUT2D eigenvalue weighted by Crippen LogP contribution is 2.64. The Morgan fingerprint density at radius 1 is 1.09 bits per heavy atom. The van der Waals surface area contributed by atoms with Crippen molar-refractivity contribution in [3.8, 4) is 0 Å². The summed E-state index contributed by atoms with van der Waals surface area (Å²) in [5, 5.41) is 29.7. The zero-order valence-electron chi connectivity index (χ0n) is 17.0. The van der Waals surface area contributed by atoms with Gasteiger partial charge in [0.2, 0.25) is 0 Å². The average Bonchev–Trinajstić information content (AvgIpc) is 3.20. The maximum Gasteiger partial charge on any atom is 0.490 e. The highest BCUT2D eigenvalue weighted by molar-refractivity contribution is 7.66. The second kappa shape index (κ2) is 10.3. The molecule has 2 aromatic rings. The van der Waals surface area contributed by atoms with Gasteiger partial charge in [0.1, 0.15) is 30.2 Å². The Labute approximate surface area is 189 Å². The molecule has 0 bridgehead atoms. The Balaban J connectivity index is 0.000000273. The molecule has 0 radical (unpaired) electrons. The summed E-state index contributed by atoms with van der Waals surface area (Å²) < 4.78 is 43.6. The molecule has 1 saturated heterocycles. The third kappa shape index (κ3) is 6.63. The van der Waals surface area contributed by atoms with Gasteiger partial charge in [-0.3, -0.25) is 4.57 Å². The highest BCUT2D eigenvalue weighted by atomic mass is 31.3. The van der Waals surface area contributed by atoms with Crippen LogP contribution in [0.25, 0.3) is 11.2 Å². The first-order valence-corrected chi connectivity index (χ1v) is 13.5. The van der Waals surface area contributed by atoms with E-state index in [-0.39, 0.29) is 5.82 Å². The molecule has 194 valence electrons. The van der Waals surface area contributed by atoms with Gasteiger partial charge in [-0.25, -0.2) is 28.6 Å². The molecular weight excluding hydrogens is 531 g/mol. The summed E-state index contributed by atoms with van der Waals surface area (Å²) in [5.41, 5.74) is 5.28. The minimum atomic E-state index is -5.46. The van der Waals surface area contributed by atoms with Crippen molar-refractivity contribution >= 4 is 40.4 Å². The number of rotatable bonds is 7. The van der Waals surface area contributed by atoms with Crippen LogP contribution in [0.5, 0.6) is 0 Å². The van der Waals surface area contributed by atoms with Gasteiger partial charge in [-0.15, -0.1) is 0 Å². The number of nitrogens with zero attached hydrogens (tertiary/aromatic N) is 4. The minimum absolute atomic E-state index is 0.219. The van der Waals surface area contributed by atoms with Gasteiger partial charge in [0.05, 0.1) is 12.9 Å². The van der Waals surface area contributed by atoms with Crippen molar-refractivity contribution in [3.05, 3.63) is 12.7 Å². The summed E-state index contributed by atoms with van der Waals surface area (Å²) in [7, 11) is -16.2. The van der Waals surface area contributed by atoms with E-state index in [1.807, 2.05) is 0 Å². The Bertz CT molecular complexity index is 1120. The van der Waals surface area contributed by atoms with Gasteiger partial charge in [0, 0.05) is 0 Å². The van der Waals surface area contributed by atoms with E-state index >= 15 is 0 Å². The SMILES string of the molecule is CC[C@@]1(n2cnc3c(N)ncnc32)O[C@H](CO)[C@@H](O)[C@H]1O.O=P(O)(O)OP(=O)(O)OP(=O)(O)O. The highest BCUT2D eigenvalue weighted by Gasteiger charge is 2.54. The molecule has 10 N–H and O–H groups in total. The summed E-state index contributed by atoms with van der Waals surface area (Å²) in [4.78, 5) is 52.3. The molecule has 0 amide bonds. The van der Waals surface area contributed by atoms with Crippen LogP contribution in [0.15, 0.2) is 12.7 Å². The second-order valence-corrected chi connectivity index (χ2v) is 10.8. The van der Waals surface area contributed by atoms with Gasteiger partial charge in [0.25, 0.3) is 0 Å². The average molecular weight is 553 g/mol. The molecule has 0 saturated carbocycles. The van der Waals surface area contributed by atoms with Crippen LogP contribution in [0, 0.1) is 0 Å². The van der Waals surface area contributed by atoms with E-state index in [4.69, 9.17) is 34.9 Å². The normalized spacial score (nSPS) is 25.9. The van der Waals surface area contributed by atoms with Crippen LogP contribution in [0.3, 0.4) is 0 Å². The van der Waals surface area contributed by atoms with Gasteiger partial charge in [-0.2, -0.15) is 8.62 Å². The van der Waals surface area contributed by atoms with Crippen LogP contribution in [0.1, 0.15) is 13.3 Å².